The van der Waals surface area contributed by atoms with Gasteiger partial charge in [0.05, 0.1) is 10.5 Å². The van der Waals surface area contributed by atoms with E-state index in [1.165, 1.54) is 24.4 Å². The summed E-state index contributed by atoms with van der Waals surface area (Å²) < 4.78 is 71.6. The number of alkyl halides is 3. The average molecular weight is 497 g/mol. The Morgan fingerprint density at radius 2 is 1.91 bits per heavy atom. The van der Waals surface area contributed by atoms with Crippen molar-refractivity contribution in [3.63, 3.8) is 0 Å². The molecule has 8 nitrogen and oxygen atoms in total. The van der Waals surface area contributed by atoms with Crippen LogP contribution in [-0.2, 0) is 20.9 Å². The van der Waals surface area contributed by atoms with Crippen LogP contribution in [0.5, 0.6) is 0 Å². The zero-order chi connectivity index (χ0) is 24.9. The molecule has 0 aliphatic carbocycles. The van der Waals surface area contributed by atoms with Crippen LogP contribution in [0.3, 0.4) is 0 Å². The van der Waals surface area contributed by atoms with Gasteiger partial charge in [0.25, 0.3) is 15.9 Å². The molecule has 0 radical (unpaired) electrons. The highest BCUT2D eigenvalue weighted by atomic mass is 32.2. The number of hydrogen-bond acceptors (Lipinski definition) is 5. The number of anilines is 1. The third-order valence-corrected chi connectivity index (χ3v) is 6.18. The van der Waals surface area contributed by atoms with Gasteiger partial charge >= 0.3 is 6.18 Å². The number of carbonyl (C=O) groups is 1. The Balaban J connectivity index is 1.87. The van der Waals surface area contributed by atoms with Gasteiger partial charge in [0.1, 0.15) is 5.56 Å². The number of sulfonamides is 1. The molecule has 0 spiro atoms. The molecule has 0 saturated heterocycles. The Kier molecular flexibility index (Phi) is 7.62. The molecule has 34 heavy (non-hydrogen) atoms. The number of pyridine rings is 1. The highest BCUT2D eigenvalue weighted by Gasteiger charge is 2.30. The molecule has 1 aromatic heterocycles. The second-order valence-corrected chi connectivity index (χ2v) is 8.91. The molecular weight excluding hydrogens is 475 g/mol. The normalized spacial score (nSPS) is 12.0. The van der Waals surface area contributed by atoms with E-state index in [9.17, 15) is 31.2 Å². The fourth-order valence-electron chi connectivity index (χ4n) is 3.12. The van der Waals surface area contributed by atoms with E-state index in [0.29, 0.717) is 25.7 Å². The largest absolute Gasteiger partial charge is 0.416 e. The number of nitrogens with one attached hydrogen (secondary N) is 3. The monoisotopic (exact) mass is 497 g/mol. The minimum Gasteiger partial charge on any atom is -0.382 e. The van der Waals surface area contributed by atoms with E-state index in [4.69, 9.17) is 4.74 Å². The molecule has 182 valence electrons. The van der Waals surface area contributed by atoms with Crippen LogP contribution >= 0.6 is 0 Å². The second-order valence-electron chi connectivity index (χ2n) is 7.23. The predicted molar refractivity (Wildman–Crippen MR) is 120 cm³/mol. The summed E-state index contributed by atoms with van der Waals surface area (Å²) in [7, 11) is -4.32. The summed E-state index contributed by atoms with van der Waals surface area (Å²) in [5.41, 5.74) is -1.91. The molecule has 0 fully saturated rings. The summed E-state index contributed by atoms with van der Waals surface area (Å²) in [6, 6.07) is 7.33. The van der Waals surface area contributed by atoms with Crippen LogP contribution in [0, 0.1) is 0 Å². The first kappa shape index (κ1) is 25.2. The van der Waals surface area contributed by atoms with Gasteiger partial charge in [-0.05, 0) is 49.7 Å². The van der Waals surface area contributed by atoms with E-state index in [1.807, 2.05) is 6.92 Å². The number of aromatic amines is 1. The number of benzene rings is 2. The van der Waals surface area contributed by atoms with Crippen LogP contribution < -0.4 is 15.5 Å². The van der Waals surface area contributed by atoms with Crippen molar-refractivity contribution in [2.24, 2.45) is 0 Å². The molecule has 1 heterocycles. The predicted octanol–water partition coefficient (Wildman–Crippen LogP) is 3.50. The molecule has 3 aromatic rings. The van der Waals surface area contributed by atoms with Crippen molar-refractivity contribution < 1.29 is 31.1 Å². The molecule has 2 aromatic carbocycles. The molecule has 0 aliphatic heterocycles. The maximum atomic E-state index is 12.9. The number of amides is 1. The summed E-state index contributed by atoms with van der Waals surface area (Å²) in [4.78, 5) is 27.7. The van der Waals surface area contributed by atoms with Crippen molar-refractivity contribution in [2.75, 3.05) is 24.5 Å². The van der Waals surface area contributed by atoms with Gasteiger partial charge in [-0.2, -0.15) is 13.2 Å². The van der Waals surface area contributed by atoms with Gasteiger partial charge in [-0.1, -0.05) is 6.07 Å². The molecule has 3 N–H and O–H groups in total. The van der Waals surface area contributed by atoms with Crippen LogP contribution in [0.4, 0.5) is 18.9 Å². The van der Waals surface area contributed by atoms with E-state index >= 15 is 0 Å². The SMILES string of the molecule is CCOCCCNC(=O)c1c[nH]c2ccc(S(=O)(=O)Nc3cccc(C(F)(F)F)c3)cc2c1=O. The second kappa shape index (κ2) is 10.3. The number of aromatic nitrogens is 1. The van der Waals surface area contributed by atoms with Crippen LogP contribution in [-0.4, -0.2) is 39.1 Å². The van der Waals surface area contributed by atoms with Crippen molar-refractivity contribution in [2.45, 2.75) is 24.4 Å². The smallest absolute Gasteiger partial charge is 0.382 e. The minimum atomic E-state index is -4.64. The van der Waals surface area contributed by atoms with E-state index in [0.717, 1.165) is 18.2 Å². The number of H-pyrrole nitrogens is 1. The van der Waals surface area contributed by atoms with Gasteiger partial charge in [0, 0.05) is 42.5 Å². The van der Waals surface area contributed by atoms with Crippen LogP contribution in [0.1, 0.15) is 29.3 Å². The lowest BCUT2D eigenvalue weighted by Crippen LogP contribution is -2.30. The van der Waals surface area contributed by atoms with Crippen LogP contribution in [0.2, 0.25) is 0 Å². The summed E-state index contributed by atoms with van der Waals surface area (Å²) in [6.45, 7) is 3.12. The standard InChI is InChI=1S/C22H22F3N3O5S/c1-2-33-10-4-9-26-21(30)18-13-27-19-8-7-16(12-17(19)20(18)29)34(31,32)28-15-6-3-5-14(11-15)22(23,24)25/h3,5-8,11-13,28H,2,4,9-10H2,1H3,(H,26,30)(H,27,29). The maximum Gasteiger partial charge on any atom is 0.416 e. The molecule has 1 amide bonds. The Morgan fingerprint density at radius 3 is 2.62 bits per heavy atom. The molecule has 3 rings (SSSR count). The fraction of sp³-hybridized carbons (Fsp3) is 0.273. The van der Waals surface area contributed by atoms with E-state index in [2.05, 4.69) is 15.0 Å². The Bertz CT molecular complexity index is 1350. The zero-order valence-corrected chi connectivity index (χ0v) is 18.8. The van der Waals surface area contributed by atoms with Crippen molar-refractivity contribution in [1.82, 2.24) is 10.3 Å². The zero-order valence-electron chi connectivity index (χ0n) is 18.0. The molecule has 0 unspecified atom stereocenters. The first-order valence-corrected chi connectivity index (χ1v) is 11.7. The first-order chi connectivity index (χ1) is 16.0. The fourth-order valence-corrected chi connectivity index (χ4v) is 4.20. The van der Waals surface area contributed by atoms with Gasteiger partial charge in [0.15, 0.2) is 0 Å². The summed E-state index contributed by atoms with van der Waals surface area (Å²) in [5, 5.41) is 2.54. The minimum absolute atomic E-state index is 0.0612. The van der Waals surface area contributed by atoms with Gasteiger partial charge < -0.3 is 15.0 Å². The number of ether oxygens (including phenoxy) is 1. The van der Waals surface area contributed by atoms with Gasteiger partial charge in [-0.15, -0.1) is 0 Å². The van der Waals surface area contributed by atoms with E-state index < -0.39 is 33.1 Å². The van der Waals surface area contributed by atoms with Crippen LogP contribution in [0.15, 0.2) is 58.4 Å². The molecule has 0 saturated carbocycles. The average Bonchev–Trinajstić information content (AvgIpc) is 2.78. The Labute approximate surface area is 193 Å². The third-order valence-electron chi connectivity index (χ3n) is 4.80. The Morgan fingerprint density at radius 1 is 1.15 bits per heavy atom. The van der Waals surface area contributed by atoms with Crippen molar-refractivity contribution >= 4 is 32.5 Å². The van der Waals surface area contributed by atoms with Crippen molar-refractivity contribution in [3.8, 4) is 0 Å². The number of carbonyl (C=O) groups excluding carboxylic acids is 1. The number of fused-ring (bicyclic) bond motifs is 1. The lowest BCUT2D eigenvalue weighted by molar-refractivity contribution is -0.137. The van der Waals surface area contributed by atoms with Gasteiger partial charge in [-0.25, -0.2) is 8.42 Å². The first-order valence-electron chi connectivity index (χ1n) is 10.2. The summed E-state index contributed by atoms with van der Waals surface area (Å²) in [5.74, 6) is -0.630. The van der Waals surface area contributed by atoms with Crippen molar-refractivity contribution in [3.05, 3.63) is 70.0 Å². The highest BCUT2D eigenvalue weighted by Crippen LogP contribution is 2.31. The number of rotatable bonds is 9. The highest BCUT2D eigenvalue weighted by molar-refractivity contribution is 7.92. The lowest BCUT2D eigenvalue weighted by atomic mass is 10.1. The molecule has 12 heteroatoms. The van der Waals surface area contributed by atoms with Gasteiger partial charge in [-0.3, -0.25) is 14.3 Å². The van der Waals surface area contributed by atoms with E-state index in [1.54, 1.807) is 0 Å². The van der Waals surface area contributed by atoms with Crippen molar-refractivity contribution in [1.29, 1.82) is 0 Å². The quantitative estimate of drug-likeness (QED) is 0.391. The maximum absolute atomic E-state index is 12.9. The topological polar surface area (TPSA) is 117 Å². The third kappa shape index (κ3) is 5.94. The lowest BCUT2D eigenvalue weighted by Gasteiger charge is -2.12. The summed E-state index contributed by atoms with van der Waals surface area (Å²) >= 11 is 0. The Hall–Kier alpha value is -3.38. The number of halogens is 3. The summed E-state index contributed by atoms with van der Waals surface area (Å²) in [6.07, 6.45) is -2.86. The number of hydrogen-bond donors (Lipinski definition) is 3. The van der Waals surface area contributed by atoms with Crippen LogP contribution in [0.25, 0.3) is 10.9 Å². The molecular formula is C22H22F3N3O5S. The molecule has 0 bridgehead atoms. The van der Waals surface area contributed by atoms with Gasteiger partial charge in [0.2, 0.25) is 5.43 Å². The molecule has 0 atom stereocenters. The van der Waals surface area contributed by atoms with E-state index in [-0.39, 0.29) is 33.6 Å². The molecule has 0 aliphatic rings.